The van der Waals surface area contributed by atoms with Crippen molar-refractivity contribution in [3.05, 3.63) is 75.0 Å². The molecule has 1 aromatic heterocycles. The van der Waals surface area contributed by atoms with Crippen LogP contribution in [-0.4, -0.2) is 27.9 Å². The highest BCUT2D eigenvalue weighted by Gasteiger charge is 2.24. The molecule has 0 saturated heterocycles. The minimum Gasteiger partial charge on any atom is -0.495 e. The van der Waals surface area contributed by atoms with Crippen LogP contribution in [-0.2, 0) is 0 Å². The first kappa shape index (κ1) is 20.0. The molecule has 1 amide bonds. The number of hydrogen-bond acceptors (Lipinski definition) is 8. The van der Waals surface area contributed by atoms with Gasteiger partial charge < -0.3 is 10.1 Å². The number of benzene rings is 2. The van der Waals surface area contributed by atoms with E-state index in [9.17, 15) is 14.9 Å². The summed E-state index contributed by atoms with van der Waals surface area (Å²) in [4.78, 5) is 31.0. The van der Waals surface area contributed by atoms with Crippen molar-refractivity contribution < 1.29 is 14.5 Å². The number of amides is 1. The summed E-state index contributed by atoms with van der Waals surface area (Å²) in [5.41, 5.74) is 5.30. The number of nitrogens with zero attached hydrogens (tertiary/aromatic N) is 3. The van der Waals surface area contributed by atoms with Gasteiger partial charge in [0.25, 0.3) is 5.91 Å². The minimum absolute atomic E-state index is 0.0603. The fraction of sp³-hybridized carbons (Fsp3) is 0.0556. The lowest BCUT2D eigenvalue weighted by atomic mass is 10.2. The van der Waals surface area contributed by atoms with Crippen LogP contribution >= 0.6 is 15.9 Å². The summed E-state index contributed by atoms with van der Waals surface area (Å²) in [5, 5.41) is 14.5. The highest BCUT2D eigenvalue weighted by molar-refractivity contribution is 9.10. The number of anilines is 3. The molecule has 0 aliphatic carbocycles. The zero-order chi connectivity index (χ0) is 20.8. The summed E-state index contributed by atoms with van der Waals surface area (Å²) in [6.45, 7) is 0. The molecule has 0 unspecified atom stereocenters. The molecule has 0 aliphatic rings. The number of carbonyl (C=O) groups is 1. The van der Waals surface area contributed by atoms with E-state index in [1.807, 2.05) is 0 Å². The minimum atomic E-state index is -0.647. The van der Waals surface area contributed by atoms with Crippen molar-refractivity contribution in [2.24, 2.45) is 0 Å². The Morgan fingerprint density at radius 2 is 1.79 bits per heavy atom. The van der Waals surface area contributed by atoms with Gasteiger partial charge in [-0.2, -0.15) is 0 Å². The molecule has 0 saturated carbocycles. The van der Waals surface area contributed by atoms with Gasteiger partial charge in [-0.1, -0.05) is 28.1 Å². The normalized spacial score (nSPS) is 10.1. The molecular weight excluding hydrogens is 444 g/mol. The van der Waals surface area contributed by atoms with Gasteiger partial charge in [0, 0.05) is 10.0 Å². The summed E-state index contributed by atoms with van der Waals surface area (Å²) in [6.07, 6.45) is 1.14. The molecule has 3 rings (SSSR count). The molecule has 0 fully saturated rings. The number of hydrogen-bond donors (Lipinski definition) is 3. The fourth-order valence-electron chi connectivity index (χ4n) is 2.40. The number of nitrogens with one attached hydrogen (secondary N) is 3. The Kier molecular flexibility index (Phi) is 6.19. The van der Waals surface area contributed by atoms with E-state index >= 15 is 0 Å². The van der Waals surface area contributed by atoms with Crippen LogP contribution in [0.2, 0.25) is 0 Å². The van der Waals surface area contributed by atoms with E-state index < -0.39 is 16.5 Å². The van der Waals surface area contributed by atoms with Crippen molar-refractivity contribution in [1.29, 1.82) is 0 Å². The summed E-state index contributed by atoms with van der Waals surface area (Å²) >= 11 is 3.29. The van der Waals surface area contributed by atoms with Crippen molar-refractivity contribution in [2.45, 2.75) is 0 Å². The number of carbonyl (C=O) groups excluding carboxylic acids is 1. The smallest absolute Gasteiger partial charge is 0.355 e. The Bertz CT molecular complexity index is 1040. The third kappa shape index (κ3) is 4.76. The maximum Gasteiger partial charge on any atom is 0.355 e. The van der Waals surface area contributed by atoms with E-state index in [0.717, 1.165) is 10.8 Å². The molecule has 10 nitrogen and oxygen atoms in total. The number of nitro groups is 1. The van der Waals surface area contributed by atoms with E-state index in [-0.39, 0.29) is 11.6 Å². The van der Waals surface area contributed by atoms with Crippen LogP contribution in [0.5, 0.6) is 5.75 Å². The van der Waals surface area contributed by atoms with Crippen LogP contribution in [0.1, 0.15) is 10.4 Å². The second kappa shape index (κ2) is 8.97. The van der Waals surface area contributed by atoms with E-state index in [0.29, 0.717) is 17.0 Å². The number of aromatic nitrogens is 2. The molecule has 0 aliphatic heterocycles. The van der Waals surface area contributed by atoms with Crippen LogP contribution in [0.3, 0.4) is 0 Å². The highest BCUT2D eigenvalue weighted by atomic mass is 79.9. The Morgan fingerprint density at radius 1 is 1.10 bits per heavy atom. The molecule has 3 aromatic rings. The lowest BCUT2D eigenvalue weighted by molar-refractivity contribution is -0.383. The van der Waals surface area contributed by atoms with Crippen LogP contribution < -0.4 is 20.9 Å². The summed E-state index contributed by atoms with van der Waals surface area (Å²) < 4.78 is 6.05. The maximum atomic E-state index is 12.2. The predicted octanol–water partition coefficient (Wildman–Crippen LogP) is 3.66. The van der Waals surface area contributed by atoms with Gasteiger partial charge in [-0.3, -0.25) is 25.8 Å². The van der Waals surface area contributed by atoms with Gasteiger partial charge in [0.1, 0.15) is 12.1 Å². The predicted molar refractivity (Wildman–Crippen MR) is 110 cm³/mol. The average molecular weight is 459 g/mol. The quantitative estimate of drug-likeness (QED) is 0.361. The largest absolute Gasteiger partial charge is 0.495 e. The van der Waals surface area contributed by atoms with Crippen LogP contribution in [0, 0.1) is 10.1 Å². The van der Waals surface area contributed by atoms with E-state index in [4.69, 9.17) is 4.74 Å². The number of para-hydroxylation sites is 2. The van der Waals surface area contributed by atoms with Crippen LogP contribution in [0.4, 0.5) is 23.0 Å². The molecule has 2 aromatic carbocycles. The zero-order valence-corrected chi connectivity index (χ0v) is 16.6. The number of hydrazine groups is 1. The van der Waals surface area contributed by atoms with Gasteiger partial charge in [0.05, 0.1) is 17.7 Å². The lowest BCUT2D eigenvalue weighted by Gasteiger charge is -2.12. The summed E-state index contributed by atoms with van der Waals surface area (Å²) in [7, 11) is 1.49. The topological polar surface area (TPSA) is 131 Å². The SMILES string of the molecule is COc1ccccc1Nc1ncnc(NNC(=O)c2ccc(Br)cc2)c1[N+](=O)[O-]. The van der Waals surface area contributed by atoms with Gasteiger partial charge >= 0.3 is 5.69 Å². The first-order valence-electron chi connectivity index (χ1n) is 8.21. The van der Waals surface area contributed by atoms with Gasteiger partial charge in [0.2, 0.25) is 11.6 Å². The van der Waals surface area contributed by atoms with Crippen molar-refractivity contribution in [3.8, 4) is 5.75 Å². The number of rotatable bonds is 7. The molecular formula is C18H15BrN6O4. The summed E-state index contributed by atoms with van der Waals surface area (Å²) in [5.74, 6) is -0.231. The van der Waals surface area contributed by atoms with Gasteiger partial charge in [-0.25, -0.2) is 9.97 Å². The number of methoxy groups -OCH3 is 1. The fourth-order valence-corrected chi connectivity index (χ4v) is 2.66. The average Bonchev–Trinajstić information content (AvgIpc) is 2.72. The molecule has 29 heavy (non-hydrogen) atoms. The van der Waals surface area contributed by atoms with E-state index in [1.165, 1.54) is 7.11 Å². The van der Waals surface area contributed by atoms with E-state index in [1.54, 1.807) is 48.5 Å². The molecule has 0 atom stereocenters. The third-order valence-corrected chi connectivity index (χ3v) is 4.29. The number of ether oxygens (including phenoxy) is 1. The molecule has 0 spiro atoms. The zero-order valence-electron chi connectivity index (χ0n) is 15.0. The monoisotopic (exact) mass is 458 g/mol. The molecule has 0 bridgehead atoms. The Morgan fingerprint density at radius 3 is 2.48 bits per heavy atom. The van der Waals surface area contributed by atoms with Crippen molar-refractivity contribution in [1.82, 2.24) is 15.4 Å². The lowest BCUT2D eigenvalue weighted by Crippen LogP contribution is -2.30. The maximum absolute atomic E-state index is 12.2. The second-order valence-corrected chi connectivity index (χ2v) is 6.50. The molecule has 0 radical (unpaired) electrons. The van der Waals surface area contributed by atoms with Crippen LogP contribution in [0.15, 0.2) is 59.3 Å². The summed E-state index contributed by atoms with van der Waals surface area (Å²) in [6, 6.07) is 13.5. The van der Waals surface area contributed by atoms with Gasteiger partial charge in [-0.05, 0) is 36.4 Å². The first-order valence-corrected chi connectivity index (χ1v) is 9.00. The molecule has 1 heterocycles. The van der Waals surface area contributed by atoms with Gasteiger partial charge in [-0.15, -0.1) is 0 Å². The third-order valence-electron chi connectivity index (χ3n) is 3.77. The Balaban J connectivity index is 1.84. The first-order chi connectivity index (χ1) is 14.0. The highest BCUT2D eigenvalue weighted by Crippen LogP contribution is 2.33. The molecule has 148 valence electrons. The standard InChI is InChI=1S/C18H15BrN6O4/c1-29-14-5-3-2-4-13(14)22-16-15(25(27)28)17(21-10-20-16)23-24-18(26)11-6-8-12(19)9-7-11/h2-10H,1H3,(H,24,26)(H2,20,21,22,23). The molecule has 11 heteroatoms. The van der Waals surface area contributed by atoms with Crippen molar-refractivity contribution in [3.63, 3.8) is 0 Å². The number of halogens is 1. The Labute approximate surface area is 173 Å². The van der Waals surface area contributed by atoms with Crippen LogP contribution in [0.25, 0.3) is 0 Å². The van der Waals surface area contributed by atoms with Gasteiger partial charge in [0.15, 0.2) is 0 Å². The second-order valence-electron chi connectivity index (χ2n) is 5.59. The Hall–Kier alpha value is -3.73. The molecule has 3 N–H and O–H groups in total. The van der Waals surface area contributed by atoms with E-state index in [2.05, 4.69) is 42.1 Å². The van der Waals surface area contributed by atoms with Crippen molar-refractivity contribution in [2.75, 3.05) is 17.9 Å². The van der Waals surface area contributed by atoms with Crippen molar-refractivity contribution >= 4 is 44.8 Å².